The van der Waals surface area contributed by atoms with Crippen molar-refractivity contribution < 1.29 is 14.6 Å². The average molecular weight is 495 g/mol. The van der Waals surface area contributed by atoms with Crippen molar-refractivity contribution in [2.75, 3.05) is 13.7 Å². The maximum Gasteiger partial charge on any atom is 0.248 e. The van der Waals surface area contributed by atoms with Crippen LogP contribution in [0.4, 0.5) is 0 Å². The minimum Gasteiger partial charge on any atom is -0.497 e. The van der Waals surface area contributed by atoms with Gasteiger partial charge in [0.05, 0.1) is 18.7 Å². The Kier molecular flexibility index (Phi) is 9.32. The zero-order valence-electron chi connectivity index (χ0n) is 19.9. The molecule has 0 aliphatic rings. The molecule has 0 aliphatic carbocycles. The lowest BCUT2D eigenvalue weighted by molar-refractivity contribution is 0.172. The van der Waals surface area contributed by atoms with Gasteiger partial charge in [-0.15, -0.1) is 12.4 Å². The van der Waals surface area contributed by atoms with E-state index in [0.29, 0.717) is 24.4 Å². The quantitative estimate of drug-likeness (QED) is 0.295. The van der Waals surface area contributed by atoms with Gasteiger partial charge in [0.2, 0.25) is 5.56 Å². The molecule has 0 amide bonds. The first-order valence-electron chi connectivity index (χ1n) is 11.4. The van der Waals surface area contributed by atoms with E-state index in [9.17, 15) is 9.90 Å². The van der Waals surface area contributed by atoms with Gasteiger partial charge in [0.25, 0.3) is 0 Å². The monoisotopic (exact) mass is 494 g/mol. The largest absolute Gasteiger partial charge is 0.497 e. The summed E-state index contributed by atoms with van der Waals surface area (Å²) in [5.74, 6) is 1.41. The molecule has 0 radical (unpaired) electrons. The lowest BCUT2D eigenvalue weighted by atomic mass is 10.0. The summed E-state index contributed by atoms with van der Waals surface area (Å²) in [6, 6.07) is 24.9. The molecule has 184 valence electrons. The van der Waals surface area contributed by atoms with E-state index in [-0.39, 0.29) is 24.0 Å². The van der Waals surface area contributed by atoms with Crippen LogP contribution in [0.15, 0.2) is 83.7 Å². The number of hydrogen-bond acceptors (Lipinski definition) is 5. The van der Waals surface area contributed by atoms with Crippen molar-refractivity contribution in [3.8, 4) is 11.5 Å². The molecule has 4 rings (SSSR count). The number of benzene rings is 3. The second kappa shape index (κ2) is 12.4. The fourth-order valence-electron chi connectivity index (χ4n) is 4.00. The Hall–Kier alpha value is -3.32. The normalized spacial score (nSPS) is 12.5. The molecule has 4 aromatic rings. The summed E-state index contributed by atoms with van der Waals surface area (Å²) >= 11 is 0. The number of rotatable bonds is 10. The molecule has 0 unspecified atom stereocenters. The number of hydrogen-bond donors (Lipinski definition) is 3. The van der Waals surface area contributed by atoms with Gasteiger partial charge < -0.3 is 24.9 Å². The minimum atomic E-state index is -0.741. The molecule has 1 heterocycles. The third-order valence-corrected chi connectivity index (χ3v) is 5.85. The highest BCUT2D eigenvalue weighted by Gasteiger charge is 2.16. The number of methoxy groups -OCH3 is 1. The Morgan fingerprint density at radius 3 is 2.40 bits per heavy atom. The predicted octanol–water partition coefficient (Wildman–Crippen LogP) is 4.79. The summed E-state index contributed by atoms with van der Waals surface area (Å²) in [7, 11) is 1.65. The van der Waals surface area contributed by atoms with Gasteiger partial charge in [0.1, 0.15) is 18.1 Å². The van der Waals surface area contributed by atoms with Crippen molar-refractivity contribution in [3.63, 3.8) is 0 Å². The smallest absolute Gasteiger partial charge is 0.248 e. The van der Waals surface area contributed by atoms with Gasteiger partial charge in [-0.1, -0.05) is 48.5 Å². The molecule has 0 spiro atoms. The average Bonchev–Trinajstić information content (AvgIpc) is 2.87. The molecule has 0 saturated carbocycles. The Labute approximate surface area is 211 Å². The van der Waals surface area contributed by atoms with Gasteiger partial charge in [-0.05, 0) is 54.3 Å². The fourth-order valence-corrected chi connectivity index (χ4v) is 4.00. The number of pyridine rings is 1. The lowest BCUT2D eigenvalue weighted by Crippen LogP contribution is -2.32. The van der Waals surface area contributed by atoms with Crippen LogP contribution < -0.4 is 20.3 Å². The first-order chi connectivity index (χ1) is 16.5. The topological polar surface area (TPSA) is 83.6 Å². The van der Waals surface area contributed by atoms with E-state index < -0.39 is 6.10 Å². The first-order valence-corrected chi connectivity index (χ1v) is 11.4. The van der Waals surface area contributed by atoms with E-state index in [0.717, 1.165) is 28.7 Å². The number of ether oxygens (including phenoxy) is 2. The fraction of sp³-hybridized carbons (Fsp3) is 0.250. The van der Waals surface area contributed by atoms with Gasteiger partial charge in [-0.3, -0.25) is 4.79 Å². The number of aliphatic hydroxyl groups is 1. The zero-order chi connectivity index (χ0) is 23.9. The van der Waals surface area contributed by atoms with Crippen LogP contribution in [-0.4, -0.2) is 29.8 Å². The Bertz CT molecular complexity index is 1280. The summed E-state index contributed by atoms with van der Waals surface area (Å²) in [5.41, 5.74) is 3.34. The summed E-state index contributed by atoms with van der Waals surface area (Å²) in [6.45, 7) is 2.86. The molecule has 0 bridgehead atoms. The van der Waals surface area contributed by atoms with Gasteiger partial charge in [-0.2, -0.15) is 0 Å². The van der Waals surface area contributed by atoms with Crippen LogP contribution in [0.3, 0.4) is 0 Å². The van der Waals surface area contributed by atoms with Crippen LogP contribution in [0, 0.1) is 0 Å². The van der Waals surface area contributed by atoms with E-state index in [1.807, 2.05) is 60.7 Å². The standard InChI is InChI=1S/C28H30N2O4.ClH/c1-19(16-20-8-10-22(33-2)11-9-20)29-17-25(31)23-12-14-26(28-24(23)13-15-27(32)30-28)34-18-21-6-4-3-5-7-21;/h3-15,19,25,29,31H,16-18H2,1-2H3,(H,30,32);1H/t19-,25+;/m0./s1. The highest BCUT2D eigenvalue weighted by molar-refractivity contribution is 5.87. The molecule has 35 heavy (non-hydrogen) atoms. The third-order valence-electron chi connectivity index (χ3n) is 5.85. The SMILES string of the molecule is COc1ccc(C[C@H](C)NC[C@@H](O)c2ccc(OCc3ccccc3)c3[nH]c(=O)ccc23)cc1.Cl. The molecule has 0 saturated heterocycles. The number of aliphatic hydroxyl groups excluding tert-OH is 1. The molecular weight excluding hydrogens is 464 g/mol. The van der Waals surface area contributed by atoms with Gasteiger partial charge in [-0.25, -0.2) is 0 Å². The third kappa shape index (κ3) is 6.85. The zero-order valence-corrected chi connectivity index (χ0v) is 20.7. The van der Waals surface area contributed by atoms with Gasteiger partial charge in [0, 0.05) is 24.0 Å². The Balaban J connectivity index is 0.00000342. The predicted molar refractivity (Wildman–Crippen MR) is 142 cm³/mol. The van der Waals surface area contributed by atoms with Crippen LogP contribution in [0.25, 0.3) is 10.9 Å². The van der Waals surface area contributed by atoms with E-state index >= 15 is 0 Å². The van der Waals surface area contributed by atoms with Crippen LogP contribution in [0.2, 0.25) is 0 Å². The van der Waals surface area contributed by atoms with Crippen molar-refractivity contribution in [2.45, 2.75) is 32.1 Å². The Morgan fingerprint density at radius 1 is 0.943 bits per heavy atom. The van der Waals surface area contributed by atoms with Crippen LogP contribution in [0.1, 0.15) is 29.7 Å². The molecule has 3 N–H and O–H groups in total. The molecule has 2 atom stereocenters. The number of nitrogens with one attached hydrogen (secondary N) is 2. The van der Waals surface area contributed by atoms with E-state index in [1.54, 1.807) is 19.2 Å². The maximum atomic E-state index is 12.0. The minimum absolute atomic E-state index is 0. The van der Waals surface area contributed by atoms with Crippen molar-refractivity contribution in [1.29, 1.82) is 0 Å². The van der Waals surface area contributed by atoms with Crippen molar-refractivity contribution >= 4 is 23.3 Å². The maximum absolute atomic E-state index is 12.0. The molecule has 7 heteroatoms. The number of halogens is 1. The first kappa shape index (κ1) is 26.3. The highest BCUT2D eigenvalue weighted by Crippen LogP contribution is 2.30. The Morgan fingerprint density at radius 2 is 1.69 bits per heavy atom. The van der Waals surface area contributed by atoms with Crippen molar-refractivity contribution in [1.82, 2.24) is 10.3 Å². The summed E-state index contributed by atoms with van der Waals surface area (Å²) in [4.78, 5) is 14.9. The van der Waals surface area contributed by atoms with Crippen LogP contribution >= 0.6 is 12.4 Å². The molecule has 0 fully saturated rings. The second-order valence-electron chi connectivity index (χ2n) is 8.42. The van der Waals surface area contributed by atoms with Crippen LogP contribution in [-0.2, 0) is 13.0 Å². The van der Waals surface area contributed by atoms with Crippen molar-refractivity contribution in [3.05, 3.63) is 106 Å². The summed E-state index contributed by atoms with van der Waals surface area (Å²) in [5, 5.41) is 15.1. The number of aromatic amines is 1. The van der Waals surface area contributed by atoms with Gasteiger partial charge in [0.15, 0.2) is 0 Å². The van der Waals surface area contributed by atoms with Gasteiger partial charge >= 0.3 is 0 Å². The second-order valence-corrected chi connectivity index (χ2v) is 8.42. The summed E-state index contributed by atoms with van der Waals surface area (Å²) < 4.78 is 11.2. The highest BCUT2D eigenvalue weighted by atomic mass is 35.5. The molecule has 6 nitrogen and oxygen atoms in total. The molecule has 1 aromatic heterocycles. The number of H-pyrrole nitrogens is 1. The molecular formula is C28H31ClN2O4. The number of aromatic nitrogens is 1. The van der Waals surface area contributed by atoms with Crippen molar-refractivity contribution in [2.24, 2.45) is 0 Å². The summed E-state index contributed by atoms with van der Waals surface area (Å²) in [6.07, 6.45) is 0.0896. The van der Waals surface area contributed by atoms with E-state index in [2.05, 4.69) is 17.2 Å². The molecule has 3 aromatic carbocycles. The number of fused-ring (bicyclic) bond motifs is 1. The van der Waals surface area contributed by atoms with E-state index in [1.165, 1.54) is 11.6 Å². The molecule has 0 aliphatic heterocycles. The lowest BCUT2D eigenvalue weighted by Gasteiger charge is -2.20. The van der Waals surface area contributed by atoms with Crippen LogP contribution in [0.5, 0.6) is 11.5 Å². The van der Waals surface area contributed by atoms with E-state index in [4.69, 9.17) is 9.47 Å².